The number of aromatic hydroxyl groups is 1. The first-order valence-corrected chi connectivity index (χ1v) is 8.93. The first-order valence-electron chi connectivity index (χ1n) is 8.93. The van der Waals surface area contributed by atoms with Crippen LogP contribution in [0.15, 0.2) is 36.4 Å². The number of nitrogens with one attached hydrogen (secondary N) is 1. The molecule has 0 unspecified atom stereocenters. The second kappa shape index (κ2) is 6.95. The second-order valence-electron chi connectivity index (χ2n) is 6.91. The summed E-state index contributed by atoms with van der Waals surface area (Å²) in [5.74, 6) is -0.148. The molecule has 1 amide bonds. The first-order chi connectivity index (χ1) is 13.4. The molecule has 3 aromatic rings. The van der Waals surface area contributed by atoms with Gasteiger partial charge in [-0.2, -0.15) is 0 Å². The highest BCUT2D eigenvalue weighted by atomic mass is 19.1. The molecule has 2 aromatic carbocycles. The molecule has 1 atom stereocenters. The van der Waals surface area contributed by atoms with Gasteiger partial charge in [0.25, 0.3) is 0 Å². The Kier molecular flexibility index (Phi) is 4.46. The molecule has 1 aliphatic heterocycles. The van der Waals surface area contributed by atoms with Gasteiger partial charge in [0.05, 0.1) is 17.1 Å². The Morgan fingerprint density at radius 3 is 2.86 bits per heavy atom. The van der Waals surface area contributed by atoms with Crippen molar-refractivity contribution in [3.63, 3.8) is 0 Å². The number of hydrogen-bond donors (Lipinski definition) is 3. The maximum absolute atomic E-state index is 14.4. The molecule has 3 N–H and O–H groups in total. The van der Waals surface area contributed by atoms with E-state index < -0.39 is 11.9 Å². The van der Waals surface area contributed by atoms with Crippen LogP contribution in [0.1, 0.15) is 12.0 Å². The van der Waals surface area contributed by atoms with Gasteiger partial charge in [-0.15, -0.1) is 0 Å². The van der Waals surface area contributed by atoms with Crippen molar-refractivity contribution in [2.45, 2.75) is 19.4 Å². The molecule has 1 aliphatic rings. The van der Waals surface area contributed by atoms with Crippen LogP contribution in [0.3, 0.4) is 0 Å². The van der Waals surface area contributed by atoms with Crippen molar-refractivity contribution in [2.75, 3.05) is 18.0 Å². The van der Waals surface area contributed by atoms with Crippen LogP contribution in [-0.2, 0) is 0 Å². The Balaban J connectivity index is 1.85. The molecule has 1 fully saturated rings. The van der Waals surface area contributed by atoms with Gasteiger partial charge in [-0.1, -0.05) is 12.1 Å². The van der Waals surface area contributed by atoms with Crippen LogP contribution in [0.4, 0.5) is 15.0 Å². The number of carboxylic acid groups (broad SMARTS) is 1. The summed E-state index contributed by atoms with van der Waals surface area (Å²) in [7, 11) is 0. The van der Waals surface area contributed by atoms with Crippen molar-refractivity contribution in [1.82, 2.24) is 15.3 Å². The molecule has 2 heterocycles. The van der Waals surface area contributed by atoms with E-state index in [0.29, 0.717) is 30.8 Å². The fourth-order valence-corrected chi connectivity index (χ4v) is 3.55. The summed E-state index contributed by atoms with van der Waals surface area (Å²) in [6, 6.07) is 9.58. The molecule has 0 spiro atoms. The van der Waals surface area contributed by atoms with Crippen molar-refractivity contribution in [3.8, 4) is 17.1 Å². The Morgan fingerprint density at radius 1 is 1.29 bits per heavy atom. The van der Waals surface area contributed by atoms with Gasteiger partial charge in [0.15, 0.2) is 5.82 Å². The van der Waals surface area contributed by atoms with Gasteiger partial charge in [0.1, 0.15) is 17.4 Å². The number of nitrogens with zero attached hydrogens (tertiary/aromatic N) is 3. The summed E-state index contributed by atoms with van der Waals surface area (Å²) >= 11 is 0. The lowest BCUT2D eigenvalue weighted by atomic mass is 10.1. The van der Waals surface area contributed by atoms with Crippen molar-refractivity contribution in [2.24, 2.45) is 0 Å². The lowest BCUT2D eigenvalue weighted by Crippen LogP contribution is -2.36. The van der Waals surface area contributed by atoms with Gasteiger partial charge >= 0.3 is 6.09 Å². The second-order valence-corrected chi connectivity index (χ2v) is 6.91. The predicted molar refractivity (Wildman–Crippen MR) is 103 cm³/mol. The van der Waals surface area contributed by atoms with E-state index in [1.54, 1.807) is 0 Å². The number of phenolic OH excluding ortho intramolecular Hbond substituents is 1. The van der Waals surface area contributed by atoms with Gasteiger partial charge in [-0.05, 0) is 43.2 Å². The van der Waals surface area contributed by atoms with Gasteiger partial charge in [-0.25, -0.2) is 19.2 Å². The normalized spacial score (nSPS) is 16.5. The fourth-order valence-electron chi connectivity index (χ4n) is 3.55. The number of hydrogen-bond acceptors (Lipinski definition) is 5. The summed E-state index contributed by atoms with van der Waals surface area (Å²) in [6.07, 6.45) is -0.420. The molecule has 1 aromatic heterocycles. The molecule has 1 saturated heterocycles. The summed E-state index contributed by atoms with van der Waals surface area (Å²) in [5.41, 5.74) is 1.58. The summed E-state index contributed by atoms with van der Waals surface area (Å²) in [4.78, 5) is 21.9. The van der Waals surface area contributed by atoms with Gasteiger partial charge in [0.2, 0.25) is 0 Å². The topological polar surface area (TPSA) is 98.6 Å². The van der Waals surface area contributed by atoms with Crippen molar-refractivity contribution < 1.29 is 19.4 Å². The third kappa shape index (κ3) is 3.28. The van der Waals surface area contributed by atoms with Crippen LogP contribution >= 0.6 is 0 Å². The maximum Gasteiger partial charge on any atom is 0.404 e. The van der Waals surface area contributed by atoms with Crippen LogP contribution in [0.2, 0.25) is 0 Å². The van der Waals surface area contributed by atoms with Crippen molar-refractivity contribution in [3.05, 3.63) is 47.8 Å². The number of amides is 1. The molecule has 0 saturated carbocycles. The van der Waals surface area contributed by atoms with Crippen LogP contribution in [0, 0.1) is 12.7 Å². The minimum absolute atomic E-state index is 0.0495. The smallest absolute Gasteiger partial charge is 0.404 e. The molecule has 4 rings (SSSR count). The lowest BCUT2D eigenvalue weighted by molar-refractivity contribution is 0.191. The van der Waals surface area contributed by atoms with E-state index in [4.69, 9.17) is 5.11 Å². The highest BCUT2D eigenvalue weighted by Crippen LogP contribution is 2.34. The van der Waals surface area contributed by atoms with E-state index >= 15 is 0 Å². The molecule has 144 valence electrons. The van der Waals surface area contributed by atoms with Crippen molar-refractivity contribution >= 4 is 22.8 Å². The molecular weight excluding hydrogens is 363 g/mol. The number of aromatic nitrogens is 2. The minimum atomic E-state index is -1.06. The molecule has 0 aliphatic carbocycles. The fraction of sp³-hybridized carbons (Fsp3) is 0.250. The highest BCUT2D eigenvalue weighted by molar-refractivity contribution is 5.92. The minimum Gasteiger partial charge on any atom is -0.507 e. The van der Waals surface area contributed by atoms with E-state index in [9.17, 15) is 14.3 Å². The van der Waals surface area contributed by atoms with E-state index in [0.717, 1.165) is 10.9 Å². The Labute approximate surface area is 160 Å². The molecule has 0 bridgehead atoms. The monoisotopic (exact) mass is 382 g/mol. The van der Waals surface area contributed by atoms with E-state index in [-0.39, 0.29) is 23.2 Å². The number of fused-ring (bicyclic) bond motifs is 1. The van der Waals surface area contributed by atoms with Gasteiger partial charge in [0, 0.05) is 18.5 Å². The van der Waals surface area contributed by atoms with E-state index in [1.807, 2.05) is 30.0 Å². The summed E-state index contributed by atoms with van der Waals surface area (Å²) in [5, 5.41) is 22.4. The maximum atomic E-state index is 14.4. The number of carbonyl (C=O) groups is 1. The molecule has 8 heteroatoms. The molecule has 0 radical (unpaired) electrons. The van der Waals surface area contributed by atoms with E-state index in [2.05, 4.69) is 15.3 Å². The zero-order valence-corrected chi connectivity index (χ0v) is 15.2. The number of anilines is 1. The SMILES string of the molecule is Cc1ccc2c(N3CC[C@@H](NC(=O)O)C3)nc(-c3c(O)cccc3F)nc2c1. The Morgan fingerprint density at radius 2 is 2.11 bits per heavy atom. The zero-order chi connectivity index (χ0) is 19.8. The molecule has 7 nitrogen and oxygen atoms in total. The quantitative estimate of drug-likeness (QED) is 0.643. The lowest BCUT2D eigenvalue weighted by Gasteiger charge is -2.20. The van der Waals surface area contributed by atoms with Gasteiger partial charge in [-0.3, -0.25) is 0 Å². The van der Waals surface area contributed by atoms with Crippen LogP contribution in [0.5, 0.6) is 5.75 Å². The zero-order valence-electron chi connectivity index (χ0n) is 15.2. The number of rotatable bonds is 3. The standard InChI is InChI=1S/C20H19FN4O3/c1-11-5-6-13-15(9-11)23-18(17-14(21)3-2-4-16(17)26)24-19(13)25-8-7-12(10-25)22-20(27)28/h2-6,9,12,22,26H,7-8,10H2,1H3,(H,27,28)/t12-/m1/s1. The molecule has 28 heavy (non-hydrogen) atoms. The summed E-state index contributed by atoms with van der Waals surface area (Å²) in [6.45, 7) is 2.99. The van der Waals surface area contributed by atoms with Crippen molar-refractivity contribution in [1.29, 1.82) is 0 Å². The van der Waals surface area contributed by atoms with E-state index in [1.165, 1.54) is 18.2 Å². The number of aryl methyl sites for hydroxylation is 1. The Hall–Kier alpha value is -3.42. The molecular formula is C20H19FN4O3. The number of phenols is 1. The average molecular weight is 382 g/mol. The average Bonchev–Trinajstić information content (AvgIpc) is 3.08. The predicted octanol–water partition coefficient (Wildman–Crippen LogP) is 3.30. The van der Waals surface area contributed by atoms with Gasteiger partial charge < -0.3 is 20.4 Å². The van der Waals surface area contributed by atoms with Crippen LogP contribution in [-0.4, -0.2) is 45.4 Å². The number of halogens is 1. The third-order valence-electron chi connectivity index (χ3n) is 4.86. The first kappa shape index (κ1) is 18.0. The third-order valence-corrected chi connectivity index (χ3v) is 4.86. The largest absolute Gasteiger partial charge is 0.507 e. The van der Waals surface area contributed by atoms with Crippen LogP contribution in [0.25, 0.3) is 22.3 Å². The number of benzene rings is 2. The van der Waals surface area contributed by atoms with Crippen LogP contribution < -0.4 is 10.2 Å². The Bertz CT molecular complexity index is 1050. The summed E-state index contributed by atoms with van der Waals surface area (Å²) < 4.78 is 14.4. The highest BCUT2D eigenvalue weighted by Gasteiger charge is 2.27.